The molecule has 0 unspecified atom stereocenters. The van der Waals surface area contributed by atoms with Crippen molar-refractivity contribution in [1.82, 2.24) is 4.90 Å². The molecule has 0 bridgehead atoms. The van der Waals surface area contributed by atoms with E-state index in [1.54, 1.807) is 11.0 Å². The van der Waals surface area contributed by atoms with Crippen molar-refractivity contribution in [3.63, 3.8) is 0 Å². The van der Waals surface area contributed by atoms with Crippen LogP contribution >= 0.6 is 0 Å². The molecule has 0 aliphatic heterocycles. The van der Waals surface area contributed by atoms with Gasteiger partial charge in [0.05, 0.1) is 23.8 Å². The molecule has 1 aromatic heterocycles. The molecule has 2 amide bonds. The molecular weight excluding hydrogens is 400 g/mol. The van der Waals surface area contributed by atoms with Crippen LogP contribution in [0.1, 0.15) is 27.8 Å². The Morgan fingerprint density at radius 1 is 0.906 bits per heavy atom. The molecule has 0 fully saturated rings. The number of carbonyl (C=O) groups is 1. The van der Waals surface area contributed by atoms with E-state index in [0.29, 0.717) is 23.1 Å². The summed E-state index contributed by atoms with van der Waals surface area (Å²) in [7, 11) is 0. The zero-order valence-corrected chi connectivity index (χ0v) is 18.5. The van der Waals surface area contributed by atoms with E-state index in [1.807, 2.05) is 81.4 Å². The minimum atomic E-state index is -0.269. The fourth-order valence-electron chi connectivity index (χ4n) is 3.80. The van der Waals surface area contributed by atoms with Gasteiger partial charge in [-0.1, -0.05) is 60.2 Å². The summed E-state index contributed by atoms with van der Waals surface area (Å²) in [5.74, 6) is 0. The van der Waals surface area contributed by atoms with Crippen molar-refractivity contribution in [2.24, 2.45) is 0 Å². The van der Waals surface area contributed by atoms with Crippen LogP contribution in [0.15, 0.2) is 82.2 Å². The van der Waals surface area contributed by atoms with Crippen molar-refractivity contribution in [3.8, 4) is 0 Å². The van der Waals surface area contributed by atoms with Gasteiger partial charge in [-0.15, -0.1) is 0 Å². The van der Waals surface area contributed by atoms with Gasteiger partial charge in [-0.3, -0.25) is 4.79 Å². The number of rotatable bonds is 5. The smallest absolute Gasteiger partial charge is 0.322 e. The molecule has 3 aromatic carbocycles. The van der Waals surface area contributed by atoms with Gasteiger partial charge in [-0.25, -0.2) is 4.79 Å². The Labute approximate surface area is 187 Å². The molecule has 5 heteroatoms. The number of nitrogens with one attached hydrogen (secondary N) is 1. The third-order valence-corrected chi connectivity index (χ3v) is 5.58. The highest BCUT2D eigenvalue weighted by Gasteiger charge is 2.19. The highest BCUT2D eigenvalue weighted by molar-refractivity contribution is 5.91. The first kappa shape index (κ1) is 21.4. The number of benzene rings is 3. The summed E-state index contributed by atoms with van der Waals surface area (Å²) in [5.41, 5.74) is 5.58. The van der Waals surface area contributed by atoms with Crippen LogP contribution in [0.3, 0.4) is 0 Å². The standard InChI is InChI=1S/C27H26N2O3/c1-18-12-13-24-23(14-18)26(30)22(17-32-24)16-29(15-21-10-5-4-6-11-21)27(31)28-25-19(2)8-7-9-20(25)3/h4-14,17H,15-16H2,1-3H3,(H,28,31). The van der Waals surface area contributed by atoms with Crippen LogP contribution in [0.5, 0.6) is 0 Å². The molecule has 5 nitrogen and oxygen atoms in total. The van der Waals surface area contributed by atoms with Crippen molar-refractivity contribution in [1.29, 1.82) is 0 Å². The second-order valence-corrected chi connectivity index (χ2v) is 8.13. The molecule has 0 saturated heterocycles. The normalized spacial score (nSPS) is 10.8. The maximum absolute atomic E-state index is 13.3. The third-order valence-electron chi connectivity index (χ3n) is 5.58. The molecule has 0 atom stereocenters. The van der Waals surface area contributed by atoms with Gasteiger partial charge in [0.2, 0.25) is 0 Å². The lowest BCUT2D eigenvalue weighted by Gasteiger charge is -2.24. The van der Waals surface area contributed by atoms with Crippen molar-refractivity contribution < 1.29 is 9.21 Å². The van der Waals surface area contributed by atoms with Crippen LogP contribution in [0.4, 0.5) is 10.5 Å². The van der Waals surface area contributed by atoms with Gasteiger partial charge in [0.25, 0.3) is 0 Å². The van der Waals surface area contributed by atoms with E-state index < -0.39 is 0 Å². The molecular formula is C27H26N2O3. The van der Waals surface area contributed by atoms with Gasteiger partial charge in [-0.05, 0) is 49.6 Å². The molecule has 0 spiro atoms. The molecule has 0 aliphatic rings. The number of urea groups is 1. The lowest BCUT2D eigenvalue weighted by Crippen LogP contribution is -2.35. The molecule has 4 rings (SSSR count). The number of nitrogens with zero attached hydrogens (tertiary/aromatic N) is 1. The summed E-state index contributed by atoms with van der Waals surface area (Å²) in [6.07, 6.45) is 1.46. The Kier molecular flexibility index (Phi) is 6.08. The predicted molar refractivity (Wildman–Crippen MR) is 128 cm³/mol. The molecule has 1 heterocycles. The maximum atomic E-state index is 13.3. The van der Waals surface area contributed by atoms with Crippen LogP contribution in [0.25, 0.3) is 11.0 Å². The predicted octanol–water partition coefficient (Wildman–Crippen LogP) is 5.95. The van der Waals surface area contributed by atoms with Gasteiger partial charge >= 0.3 is 6.03 Å². The molecule has 0 aliphatic carbocycles. The molecule has 0 radical (unpaired) electrons. The average Bonchev–Trinajstić information content (AvgIpc) is 2.78. The van der Waals surface area contributed by atoms with E-state index in [2.05, 4.69) is 5.32 Å². The quantitative estimate of drug-likeness (QED) is 0.429. The first-order valence-corrected chi connectivity index (χ1v) is 10.6. The first-order chi connectivity index (χ1) is 15.4. The number of hydrogen-bond donors (Lipinski definition) is 1. The average molecular weight is 427 g/mol. The van der Waals surface area contributed by atoms with Gasteiger partial charge in [0, 0.05) is 12.2 Å². The fourth-order valence-corrected chi connectivity index (χ4v) is 3.80. The van der Waals surface area contributed by atoms with Gasteiger partial charge in [0.15, 0.2) is 5.43 Å². The summed E-state index contributed by atoms with van der Waals surface area (Å²) in [5, 5.41) is 3.56. The summed E-state index contributed by atoms with van der Waals surface area (Å²) in [6, 6.07) is 20.9. The third kappa shape index (κ3) is 4.57. The van der Waals surface area contributed by atoms with Crippen LogP contribution in [-0.4, -0.2) is 10.9 Å². The van der Waals surface area contributed by atoms with Crippen LogP contribution in [0.2, 0.25) is 0 Å². The van der Waals surface area contributed by atoms with E-state index in [0.717, 1.165) is 27.9 Å². The topological polar surface area (TPSA) is 62.6 Å². The number of amides is 2. The summed E-state index contributed by atoms with van der Waals surface area (Å²) >= 11 is 0. The van der Waals surface area contributed by atoms with E-state index in [4.69, 9.17) is 4.42 Å². The Morgan fingerprint density at radius 2 is 1.62 bits per heavy atom. The SMILES string of the molecule is Cc1ccc2occ(CN(Cc3ccccc3)C(=O)Nc3c(C)cccc3C)c(=O)c2c1. The lowest BCUT2D eigenvalue weighted by molar-refractivity contribution is 0.206. The number of fused-ring (bicyclic) bond motifs is 1. The highest BCUT2D eigenvalue weighted by atomic mass is 16.3. The Hall–Kier alpha value is -3.86. The Morgan fingerprint density at radius 3 is 2.34 bits per heavy atom. The van der Waals surface area contributed by atoms with Crippen molar-refractivity contribution in [2.75, 3.05) is 5.32 Å². The summed E-state index contributed by atoms with van der Waals surface area (Å²) in [6.45, 7) is 6.36. The van der Waals surface area contributed by atoms with E-state index in [-0.39, 0.29) is 18.0 Å². The van der Waals surface area contributed by atoms with E-state index in [9.17, 15) is 9.59 Å². The monoisotopic (exact) mass is 426 g/mol. The van der Waals surface area contributed by atoms with Crippen LogP contribution in [-0.2, 0) is 13.1 Å². The number of aryl methyl sites for hydroxylation is 3. The van der Waals surface area contributed by atoms with Crippen molar-refractivity contribution in [3.05, 3.63) is 111 Å². The summed E-state index contributed by atoms with van der Waals surface area (Å²) < 4.78 is 5.71. The second kappa shape index (κ2) is 9.10. The summed E-state index contributed by atoms with van der Waals surface area (Å²) in [4.78, 5) is 28.1. The van der Waals surface area contributed by atoms with Gasteiger partial charge in [-0.2, -0.15) is 0 Å². The molecule has 0 saturated carbocycles. The lowest BCUT2D eigenvalue weighted by atomic mass is 10.1. The first-order valence-electron chi connectivity index (χ1n) is 10.6. The Bertz CT molecular complexity index is 1310. The molecule has 162 valence electrons. The molecule has 1 N–H and O–H groups in total. The van der Waals surface area contributed by atoms with Crippen molar-refractivity contribution in [2.45, 2.75) is 33.9 Å². The maximum Gasteiger partial charge on any atom is 0.322 e. The van der Waals surface area contributed by atoms with E-state index in [1.165, 1.54) is 6.26 Å². The number of hydrogen-bond acceptors (Lipinski definition) is 3. The van der Waals surface area contributed by atoms with Crippen molar-refractivity contribution >= 4 is 22.7 Å². The number of anilines is 1. The van der Waals surface area contributed by atoms with Gasteiger partial charge in [0.1, 0.15) is 5.58 Å². The minimum Gasteiger partial charge on any atom is -0.464 e. The van der Waals surface area contributed by atoms with Crippen LogP contribution < -0.4 is 10.7 Å². The zero-order valence-electron chi connectivity index (χ0n) is 18.5. The zero-order chi connectivity index (χ0) is 22.7. The van der Waals surface area contributed by atoms with E-state index >= 15 is 0 Å². The van der Waals surface area contributed by atoms with Crippen LogP contribution in [0, 0.1) is 20.8 Å². The Balaban J connectivity index is 1.68. The number of carbonyl (C=O) groups excluding carboxylic acids is 1. The minimum absolute atomic E-state index is 0.118. The largest absolute Gasteiger partial charge is 0.464 e. The molecule has 4 aromatic rings. The fraction of sp³-hybridized carbons (Fsp3) is 0.185. The van der Waals surface area contributed by atoms with Gasteiger partial charge < -0.3 is 14.6 Å². The highest BCUT2D eigenvalue weighted by Crippen LogP contribution is 2.21. The number of para-hydroxylation sites is 1. The second-order valence-electron chi connectivity index (χ2n) is 8.13. The molecule has 32 heavy (non-hydrogen) atoms.